The topological polar surface area (TPSA) is 97.9 Å². The van der Waals surface area contributed by atoms with Crippen LogP contribution in [0.15, 0.2) is 114 Å². The molecule has 52 heavy (non-hydrogen) atoms. The highest BCUT2D eigenvalue weighted by molar-refractivity contribution is 7.85. The first-order valence-electron chi connectivity index (χ1n) is 18.5. The molecule has 2 heterocycles. The predicted molar refractivity (Wildman–Crippen MR) is 211 cm³/mol. The SMILES string of the molecule is CCCCN1C(=CC=C2CCCC(C=CC3=[N+](CCCS(=O)(=O)O)c4ccccc4C3(C)C)=C2c2ccc(C(=O)O)cc2)C(C)(C)c2ccccc21. The lowest BCUT2D eigenvalue weighted by Crippen LogP contribution is -2.28. The quantitative estimate of drug-likeness (QED) is 0.143. The number of allylic oxidation sites excluding steroid dienone is 8. The van der Waals surface area contributed by atoms with E-state index in [4.69, 9.17) is 0 Å². The first-order chi connectivity index (χ1) is 24.7. The second kappa shape index (κ2) is 14.8. The molecule has 0 bridgehead atoms. The zero-order valence-corrected chi connectivity index (χ0v) is 31.8. The Labute approximate surface area is 309 Å². The van der Waals surface area contributed by atoms with E-state index in [1.54, 1.807) is 12.1 Å². The van der Waals surface area contributed by atoms with Gasteiger partial charge in [-0.3, -0.25) is 4.55 Å². The maximum atomic E-state index is 11.8. The van der Waals surface area contributed by atoms with Crippen molar-refractivity contribution in [3.05, 3.63) is 136 Å². The van der Waals surface area contributed by atoms with Crippen LogP contribution in [-0.4, -0.2) is 53.2 Å². The molecular weight excluding hydrogens is 669 g/mol. The highest BCUT2D eigenvalue weighted by Crippen LogP contribution is 2.48. The van der Waals surface area contributed by atoms with E-state index < -0.39 is 16.1 Å². The number of aromatic carboxylic acids is 1. The van der Waals surface area contributed by atoms with Gasteiger partial charge in [0.2, 0.25) is 5.69 Å². The first kappa shape index (κ1) is 37.2. The number of carboxylic acids is 1. The van der Waals surface area contributed by atoms with Gasteiger partial charge in [-0.05, 0) is 91.7 Å². The molecule has 3 aliphatic rings. The van der Waals surface area contributed by atoms with Crippen LogP contribution in [0.3, 0.4) is 0 Å². The van der Waals surface area contributed by atoms with Gasteiger partial charge in [0.1, 0.15) is 6.54 Å². The molecule has 3 aromatic carbocycles. The van der Waals surface area contributed by atoms with Gasteiger partial charge in [-0.25, -0.2) is 4.79 Å². The second-order valence-electron chi connectivity index (χ2n) is 15.2. The van der Waals surface area contributed by atoms with E-state index in [1.165, 1.54) is 33.7 Å². The summed E-state index contributed by atoms with van der Waals surface area (Å²) in [5, 5.41) is 9.66. The lowest BCUT2D eigenvalue weighted by atomic mass is 9.79. The molecule has 1 aliphatic carbocycles. The van der Waals surface area contributed by atoms with Gasteiger partial charge >= 0.3 is 5.97 Å². The van der Waals surface area contributed by atoms with Crippen molar-refractivity contribution in [3.63, 3.8) is 0 Å². The fourth-order valence-electron chi connectivity index (χ4n) is 8.25. The van der Waals surface area contributed by atoms with Crippen LogP contribution in [0.4, 0.5) is 11.4 Å². The van der Waals surface area contributed by atoms with E-state index in [-0.39, 0.29) is 22.1 Å². The largest absolute Gasteiger partial charge is 0.478 e. The Kier molecular flexibility index (Phi) is 10.6. The molecule has 2 N–H and O–H groups in total. The van der Waals surface area contributed by atoms with Crippen molar-refractivity contribution in [2.45, 2.75) is 84.0 Å². The van der Waals surface area contributed by atoms with Crippen LogP contribution in [0.5, 0.6) is 0 Å². The molecule has 6 rings (SSSR count). The molecule has 2 aliphatic heterocycles. The monoisotopic (exact) mass is 719 g/mol. The van der Waals surface area contributed by atoms with Crippen LogP contribution < -0.4 is 4.90 Å². The molecule has 0 saturated carbocycles. The van der Waals surface area contributed by atoms with Gasteiger partial charge < -0.3 is 10.0 Å². The molecule has 0 fully saturated rings. The molecule has 7 nitrogen and oxygen atoms in total. The molecular formula is C44H51N2O5S+. The Bertz CT molecular complexity index is 2130. The summed E-state index contributed by atoms with van der Waals surface area (Å²) in [6, 6.07) is 24.2. The highest BCUT2D eigenvalue weighted by atomic mass is 32.2. The molecule has 0 unspecified atom stereocenters. The van der Waals surface area contributed by atoms with Crippen molar-refractivity contribution in [2.75, 3.05) is 23.7 Å². The summed E-state index contributed by atoms with van der Waals surface area (Å²) in [6.07, 6.45) is 14.2. The number of hydrogen-bond acceptors (Lipinski definition) is 4. The number of rotatable bonds is 12. The molecule has 0 amide bonds. The summed E-state index contributed by atoms with van der Waals surface area (Å²) in [5.74, 6) is -1.25. The minimum atomic E-state index is -4.08. The van der Waals surface area contributed by atoms with Crippen LogP contribution in [0.1, 0.15) is 100 Å². The minimum Gasteiger partial charge on any atom is -0.478 e. The van der Waals surface area contributed by atoms with E-state index >= 15 is 0 Å². The molecule has 0 atom stereocenters. The number of nitrogens with zero attached hydrogens (tertiary/aromatic N) is 2. The Morgan fingerprint density at radius 3 is 2.25 bits per heavy atom. The number of hydrogen-bond donors (Lipinski definition) is 2. The Hall–Kier alpha value is -4.53. The smallest absolute Gasteiger partial charge is 0.335 e. The van der Waals surface area contributed by atoms with Crippen LogP contribution in [-0.2, 0) is 20.9 Å². The Morgan fingerprint density at radius 1 is 0.865 bits per heavy atom. The summed E-state index contributed by atoms with van der Waals surface area (Å²) >= 11 is 0. The van der Waals surface area contributed by atoms with Crippen LogP contribution in [0.2, 0.25) is 0 Å². The molecule has 0 aromatic heterocycles. The lowest BCUT2D eigenvalue weighted by Gasteiger charge is -2.27. The van der Waals surface area contributed by atoms with Gasteiger partial charge in [0.25, 0.3) is 10.1 Å². The number of unbranched alkanes of at least 4 members (excludes halogenated alkanes) is 1. The normalized spacial score (nSPS) is 19.6. The third-order valence-electron chi connectivity index (χ3n) is 11.0. The summed E-state index contributed by atoms with van der Waals surface area (Å²) in [6.45, 7) is 12.6. The molecule has 8 heteroatoms. The van der Waals surface area contributed by atoms with Crippen molar-refractivity contribution >= 4 is 38.7 Å². The average Bonchev–Trinajstić information content (AvgIpc) is 3.46. The Morgan fingerprint density at radius 2 is 1.56 bits per heavy atom. The van der Waals surface area contributed by atoms with E-state index in [2.05, 4.69) is 105 Å². The van der Waals surface area contributed by atoms with Gasteiger partial charge in [-0.1, -0.05) is 87.9 Å². The van der Waals surface area contributed by atoms with Crippen molar-refractivity contribution in [1.82, 2.24) is 0 Å². The van der Waals surface area contributed by atoms with Crippen molar-refractivity contribution in [1.29, 1.82) is 0 Å². The fraction of sp³-hybridized carbons (Fsp3) is 0.364. The first-order valence-corrected chi connectivity index (χ1v) is 20.1. The number of fused-ring (bicyclic) bond motifs is 2. The van der Waals surface area contributed by atoms with Gasteiger partial charge in [0.05, 0.1) is 16.7 Å². The summed E-state index contributed by atoms with van der Waals surface area (Å²) in [5.41, 5.74) is 11.4. The van der Waals surface area contributed by atoms with Gasteiger partial charge in [0, 0.05) is 47.5 Å². The summed E-state index contributed by atoms with van der Waals surface area (Å²) in [4.78, 5) is 14.3. The molecule has 3 aromatic rings. The molecule has 272 valence electrons. The van der Waals surface area contributed by atoms with E-state index in [0.717, 1.165) is 61.2 Å². The molecule has 0 spiro atoms. The zero-order chi connectivity index (χ0) is 37.3. The van der Waals surface area contributed by atoms with E-state index in [1.807, 2.05) is 24.3 Å². The number of carboxylic acid groups (broad SMARTS) is 1. The van der Waals surface area contributed by atoms with Crippen LogP contribution in [0, 0.1) is 0 Å². The fourth-order valence-corrected chi connectivity index (χ4v) is 8.75. The van der Waals surface area contributed by atoms with Crippen molar-refractivity contribution in [3.8, 4) is 0 Å². The molecule has 0 radical (unpaired) electrons. The number of anilines is 1. The second-order valence-corrected chi connectivity index (χ2v) is 16.8. The minimum absolute atomic E-state index is 0.162. The van der Waals surface area contributed by atoms with Crippen molar-refractivity contribution < 1.29 is 27.4 Å². The third-order valence-corrected chi connectivity index (χ3v) is 11.8. The maximum Gasteiger partial charge on any atom is 0.335 e. The average molecular weight is 720 g/mol. The van der Waals surface area contributed by atoms with Gasteiger partial charge in [-0.2, -0.15) is 13.0 Å². The standard InChI is InChI=1S/C44H50N2O5S/c1-6-7-28-45-37-18-10-8-16-35(37)43(2,3)39(45)26-24-31-14-12-15-32(41(31)33-20-22-34(23-21-33)42(47)48)25-27-40-44(4,5)36-17-9-11-19-38(36)46(40)29-13-30-52(49,50)51/h8-11,16-27H,6-7,12-15,28-30H2,1-5H3,(H-,47,48,49,50,51)/p+1. The number of para-hydroxylation sites is 2. The van der Waals surface area contributed by atoms with Gasteiger partial charge in [-0.15, -0.1) is 0 Å². The summed E-state index contributed by atoms with van der Waals surface area (Å²) in [7, 11) is -4.08. The van der Waals surface area contributed by atoms with Gasteiger partial charge in [0.15, 0.2) is 5.71 Å². The zero-order valence-electron chi connectivity index (χ0n) is 31.0. The van der Waals surface area contributed by atoms with Crippen LogP contribution in [0.25, 0.3) is 5.57 Å². The third kappa shape index (κ3) is 7.37. The predicted octanol–water partition coefficient (Wildman–Crippen LogP) is 9.64. The van der Waals surface area contributed by atoms with E-state index in [9.17, 15) is 22.9 Å². The summed E-state index contributed by atoms with van der Waals surface area (Å²) < 4.78 is 34.9. The Balaban J connectivity index is 1.47. The van der Waals surface area contributed by atoms with E-state index in [0.29, 0.717) is 13.0 Å². The van der Waals surface area contributed by atoms with Crippen LogP contribution >= 0.6 is 0 Å². The van der Waals surface area contributed by atoms with Crippen molar-refractivity contribution in [2.24, 2.45) is 0 Å². The molecule has 0 saturated heterocycles. The highest BCUT2D eigenvalue weighted by Gasteiger charge is 2.44. The maximum absolute atomic E-state index is 11.8. The number of carbonyl (C=O) groups is 1. The number of benzene rings is 3. The lowest BCUT2D eigenvalue weighted by molar-refractivity contribution is -0.437.